The number of carbonyl (C=O) groups excluding carboxylic acids is 1. The van der Waals surface area contributed by atoms with E-state index in [1.807, 2.05) is 0 Å². The van der Waals surface area contributed by atoms with Gasteiger partial charge in [0.15, 0.2) is 0 Å². The molecule has 20 heavy (non-hydrogen) atoms. The zero-order valence-electron chi connectivity index (χ0n) is 11.0. The molecule has 7 heteroatoms. The fourth-order valence-electron chi connectivity index (χ4n) is 2.29. The number of halogens is 2. The number of piperidine rings is 1. The highest BCUT2D eigenvalue weighted by atomic mass is 79.9. The first-order valence-electron chi connectivity index (χ1n) is 6.28. The Morgan fingerprint density at radius 2 is 1.95 bits per heavy atom. The van der Waals surface area contributed by atoms with Crippen LogP contribution in [-0.2, 0) is 14.8 Å². The Morgan fingerprint density at radius 1 is 1.35 bits per heavy atom. The maximum absolute atomic E-state index is 12.5. The molecule has 2 rings (SSSR count). The standard InChI is InChI=1S/C13H15BrClNO3S/c1-9(17)10-4-6-16(7-5-10)20(18,19)11-2-3-13(15)12(14)8-11/h2-3,8,10H,4-7H2,1H3. The van der Waals surface area contributed by atoms with Crippen LogP contribution in [0.25, 0.3) is 0 Å². The summed E-state index contributed by atoms with van der Waals surface area (Å²) in [5.74, 6) is 0.120. The van der Waals surface area contributed by atoms with Crippen LogP contribution in [0.2, 0.25) is 5.02 Å². The first kappa shape index (κ1) is 15.9. The van der Waals surface area contributed by atoms with Gasteiger partial charge >= 0.3 is 0 Å². The second kappa shape index (κ2) is 6.13. The van der Waals surface area contributed by atoms with Crippen LogP contribution >= 0.6 is 27.5 Å². The average Bonchev–Trinajstić information content (AvgIpc) is 2.41. The molecule has 4 nitrogen and oxygen atoms in total. The van der Waals surface area contributed by atoms with Crippen molar-refractivity contribution in [1.82, 2.24) is 4.31 Å². The Bertz CT molecular complexity index is 625. The molecular formula is C13H15BrClNO3S. The number of hydrogen-bond donors (Lipinski definition) is 0. The Kier molecular flexibility index (Phi) is 4.89. The molecule has 1 saturated heterocycles. The van der Waals surface area contributed by atoms with Crippen LogP contribution in [0.5, 0.6) is 0 Å². The van der Waals surface area contributed by atoms with Gasteiger partial charge in [0.2, 0.25) is 10.0 Å². The molecule has 0 bridgehead atoms. The van der Waals surface area contributed by atoms with Crippen molar-refractivity contribution >= 4 is 43.3 Å². The summed E-state index contributed by atoms with van der Waals surface area (Å²) in [7, 11) is -3.52. The Morgan fingerprint density at radius 3 is 2.45 bits per heavy atom. The summed E-state index contributed by atoms with van der Waals surface area (Å²) in [6.07, 6.45) is 1.17. The largest absolute Gasteiger partial charge is 0.300 e. The van der Waals surface area contributed by atoms with Crippen molar-refractivity contribution in [2.24, 2.45) is 5.92 Å². The second-order valence-corrected chi connectivity index (χ2v) is 8.06. The molecule has 0 spiro atoms. The maximum atomic E-state index is 12.5. The summed E-state index contributed by atoms with van der Waals surface area (Å²) in [5.41, 5.74) is 0. The fraction of sp³-hybridized carbons (Fsp3) is 0.462. The minimum absolute atomic E-state index is 0.0154. The average molecular weight is 381 g/mol. The van der Waals surface area contributed by atoms with E-state index < -0.39 is 10.0 Å². The van der Waals surface area contributed by atoms with E-state index in [1.165, 1.54) is 16.4 Å². The summed E-state index contributed by atoms with van der Waals surface area (Å²) >= 11 is 9.11. The molecule has 0 N–H and O–H groups in total. The quantitative estimate of drug-likeness (QED) is 0.809. The van der Waals surface area contributed by atoms with Crippen molar-refractivity contribution < 1.29 is 13.2 Å². The van der Waals surface area contributed by atoms with Gasteiger partial charge in [-0.2, -0.15) is 4.31 Å². The van der Waals surface area contributed by atoms with Crippen molar-refractivity contribution in [1.29, 1.82) is 0 Å². The van der Waals surface area contributed by atoms with E-state index in [2.05, 4.69) is 15.9 Å². The van der Waals surface area contributed by atoms with Gasteiger partial charge in [-0.3, -0.25) is 4.79 Å². The summed E-state index contributed by atoms with van der Waals surface area (Å²) in [5, 5.41) is 0.472. The van der Waals surface area contributed by atoms with E-state index in [9.17, 15) is 13.2 Å². The van der Waals surface area contributed by atoms with E-state index in [-0.39, 0.29) is 16.6 Å². The third-order valence-corrected chi connectivity index (χ3v) is 6.67. The van der Waals surface area contributed by atoms with Crippen LogP contribution in [0, 0.1) is 5.92 Å². The van der Waals surface area contributed by atoms with Gasteiger partial charge in [0.25, 0.3) is 0 Å². The van der Waals surface area contributed by atoms with Gasteiger partial charge in [-0.05, 0) is 53.9 Å². The van der Waals surface area contributed by atoms with Crippen LogP contribution in [0.15, 0.2) is 27.6 Å². The summed E-state index contributed by atoms with van der Waals surface area (Å²) in [6, 6.07) is 4.56. The van der Waals surface area contributed by atoms with Crippen molar-refractivity contribution in [3.8, 4) is 0 Å². The van der Waals surface area contributed by atoms with Gasteiger partial charge in [-0.25, -0.2) is 8.42 Å². The number of nitrogens with zero attached hydrogens (tertiary/aromatic N) is 1. The summed E-state index contributed by atoms with van der Waals surface area (Å²) in [4.78, 5) is 11.5. The van der Waals surface area contributed by atoms with Crippen LogP contribution in [0.4, 0.5) is 0 Å². The molecule has 1 aliphatic rings. The molecular weight excluding hydrogens is 366 g/mol. The van der Waals surface area contributed by atoms with Crippen molar-refractivity contribution in [3.05, 3.63) is 27.7 Å². The number of carbonyl (C=O) groups is 1. The summed E-state index contributed by atoms with van der Waals surface area (Å²) < 4.78 is 27.0. The molecule has 0 atom stereocenters. The van der Waals surface area contributed by atoms with Crippen molar-refractivity contribution in [2.75, 3.05) is 13.1 Å². The lowest BCUT2D eigenvalue weighted by Gasteiger charge is -2.30. The Balaban J connectivity index is 2.19. The fourth-order valence-corrected chi connectivity index (χ4v) is 4.43. The number of sulfonamides is 1. The normalized spacial score (nSPS) is 18.1. The predicted octanol–water partition coefficient (Wildman–Crippen LogP) is 3.09. The van der Waals surface area contributed by atoms with Crippen LogP contribution in [0.1, 0.15) is 19.8 Å². The number of benzene rings is 1. The molecule has 1 fully saturated rings. The second-order valence-electron chi connectivity index (χ2n) is 4.86. The van der Waals surface area contributed by atoms with Gasteiger partial charge in [0, 0.05) is 23.5 Å². The van der Waals surface area contributed by atoms with E-state index in [4.69, 9.17) is 11.6 Å². The highest BCUT2D eigenvalue weighted by Crippen LogP contribution is 2.29. The molecule has 0 unspecified atom stereocenters. The first-order valence-corrected chi connectivity index (χ1v) is 8.89. The highest BCUT2D eigenvalue weighted by Gasteiger charge is 2.31. The number of ketones is 1. The Labute approximate surface area is 132 Å². The maximum Gasteiger partial charge on any atom is 0.243 e. The van der Waals surface area contributed by atoms with Crippen LogP contribution < -0.4 is 0 Å². The van der Waals surface area contributed by atoms with Gasteiger partial charge in [0.05, 0.1) is 9.92 Å². The van der Waals surface area contributed by atoms with Crippen molar-refractivity contribution in [3.63, 3.8) is 0 Å². The monoisotopic (exact) mass is 379 g/mol. The highest BCUT2D eigenvalue weighted by molar-refractivity contribution is 9.10. The van der Waals surface area contributed by atoms with Gasteiger partial charge < -0.3 is 0 Å². The van der Waals surface area contributed by atoms with Crippen molar-refractivity contribution in [2.45, 2.75) is 24.7 Å². The topological polar surface area (TPSA) is 54.5 Å². The summed E-state index contributed by atoms with van der Waals surface area (Å²) in [6.45, 7) is 2.32. The van der Waals surface area contributed by atoms with Gasteiger partial charge in [-0.15, -0.1) is 0 Å². The Hall–Kier alpha value is -0.430. The van der Waals surface area contributed by atoms with E-state index in [0.717, 1.165) is 0 Å². The smallest absolute Gasteiger partial charge is 0.243 e. The molecule has 0 saturated carbocycles. The van der Waals surface area contributed by atoms with Crippen LogP contribution in [-0.4, -0.2) is 31.6 Å². The molecule has 0 radical (unpaired) electrons. The predicted molar refractivity (Wildman–Crippen MR) is 81.3 cm³/mol. The third-order valence-electron chi connectivity index (χ3n) is 3.56. The zero-order valence-corrected chi connectivity index (χ0v) is 14.1. The number of hydrogen-bond acceptors (Lipinski definition) is 3. The van der Waals surface area contributed by atoms with E-state index in [1.54, 1.807) is 13.0 Å². The van der Waals surface area contributed by atoms with Crippen LogP contribution in [0.3, 0.4) is 0 Å². The third kappa shape index (κ3) is 3.24. The first-order chi connectivity index (χ1) is 9.32. The zero-order chi connectivity index (χ0) is 14.9. The minimum Gasteiger partial charge on any atom is -0.300 e. The number of rotatable bonds is 3. The molecule has 1 aliphatic heterocycles. The lowest BCUT2D eigenvalue weighted by Crippen LogP contribution is -2.39. The molecule has 1 aromatic carbocycles. The van der Waals surface area contributed by atoms with Gasteiger partial charge in [-0.1, -0.05) is 11.6 Å². The lowest BCUT2D eigenvalue weighted by atomic mass is 9.95. The molecule has 1 aromatic rings. The molecule has 0 aliphatic carbocycles. The molecule has 110 valence electrons. The molecule has 0 aromatic heterocycles. The lowest BCUT2D eigenvalue weighted by molar-refractivity contribution is -0.121. The molecule has 1 heterocycles. The minimum atomic E-state index is -3.52. The SMILES string of the molecule is CC(=O)C1CCN(S(=O)(=O)c2ccc(Cl)c(Br)c2)CC1. The number of Topliss-reactive ketones (excluding diaryl/α,β-unsaturated/α-hetero) is 1. The van der Waals surface area contributed by atoms with E-state index >= 15 is 0 Å². The van der Waals surface area contributed by atoms with Gasteiger partial charge in [0.1, 0.15) is 5.78 Å². The van der Waals surface area contributed by atoms with E-state index in [0.29, 0.717) is 35.4 Å². The molecule has 0 amide bonds.